The van der Waals surface area contributed by atoms with E-state index < -0.39 is 0 Å². The van der Waals surface area contributed by atoms with E-state index >= 15 is 0 Å². The molecule has 0 aromatic rings. The summed E-state index contributed by atoms with van der Waals surface area (Å²) >= 11 is 0. The summed E-state index contributed by atoms with van der Waals surface area (Å²) in [5, 5.41) is 3.15. The molecule has 1 N–H and O–H groups in total. The number of nitrogens with one attached hydrogen (secondary N) is 1. The first-order valence-corrected chi connectivity index (χ1v) is 12.1. The van der Waals surface area contributed by atoms with Crippen LogP contribution in [0.5, 0.6) is 0 Å². The SMILES string of the molecule is CCCCCCCCCCCCCCCCCC(=O)NC(CCC)N(C)C. The average molecular weight is 383 g/mol. The van der Waals surface area contributed by atoms with Gasteiger partial charge in [0.15, 0.2) is 0 Å². The van der Waals surface area contributed by atoms with Crippen LogP contribution in [0.2, 0.25) is 0 Å². The van der Waals surface area contributed by atoms with Crippen molar-refractivity contribution in [3.8, 4) is 0 Å². The van der Waals surface area contributed by atoms with E-state index in [9.17, 15) is 4.79 Å². The van der Waals surface area contributed by atoms with Crippen molar-refractivity contribution in [2.45, 2.75) is 136 Å². The standard InChI is InChI=1S/C24H50N2O/c1-5-7-8-9-10-11-12-13-14-15-16-17-18-19-20-22-24(27)25-23(21-6-2)26(3)4/h23H,5-22H2,1-4H3,(H,25,27). The van der Waals surface area contributed by atoms with Gasteiger partial charge in [-0.1, -0.05) is 110 Å². The number of hydrogen-bond donors (Lipinski definition) is 1. The molecule has 1 atom stereocenters. The van der Waals surface area contributed by atoms with Crippen molar-refractivity contribution < 1.29 is 4.79 Å². The van der Waals surface area contributed by atoms with Gasteiger partial charge in [0, 0.05) is 6.42 Å². The van der Waals surface area contributed by atoms with E-state index in [0.717, 1.165) is 19.3 Å². The molecule has 0 radical (unpaired) electrons. The third kappa shape index (κ3) is 18.6. The van der Waals surface area contributed by atoms with Crippen LogP contribution in [-0.2, 0) is 4.79 Å². The average Bonchev–Trinajstić information content (AvgIpc) is 2.64. The summed E-state index contributed by atoms with van der Waals surface area (Å²) < 4.78 is 0. The van der Waals surface area contributed by atoms with Crippen molar-refractivity contribution in [1.29, 1.82) is 0 Å². The van der Waals surface area contributed by atoms with Crippen molar-refractivity contribution in [2.24, 2.45) is 0 Å². The minimum Gasteiger partial charge on any atom is -0.341 e. The fourth-order valence-corrected chi connectivity index (χ4v) is 3.65. The largest absolute Gasteiger partial charge is 0.341 e. The fourth-order valence-electron chi connectivity index (χ4n) is 3.65. The van der Waals surface area contributed by atoms with Crippen LogP contribution in [0.4, 0.5) is 0 Å². The maximum atomic E-state index is 12.0. The van der Waals surface area contributed by atoms with Crippen LogP contribution in [0.1, 0.15) is 129 Å². The number of nitrogens with zero attached hydrogens (tertiary/aromatic N) is 1. The lowest BCUT2D eigenvalue weighted by molar-refractivity contribution is -0.123. The molecule has 0 bridgehead atoms. The Balaban J connectivity index is 3.31. The Bertz CT molecular complexity index is 318. The van der Waals surface area contributed by atoms with Crippen LogP contribution < -0.4 is 5.32 Å². The lowest BCUT2D eigenvalue weighted by Gasteiger charge is -2.25. The van der Waals surface area contributed by atoms with E-state index in [1.807, 2.05) is 14.1 Å². The first-order chi connectivity index (χ1) is 13.1. The van der Waals surface area contributed by atoms with E-state index in [0.29, 0.717) is 6.42 Å². The lowest BCUT2D eigenvalue weighted by atomic mass is 10.0. The van der Waals surface area contributed by atoms with Gasteiger partial charge in [-0.25, -0.2) is 0 Å². The van der Waals surface area contributed by atoms with Gasteiger partial charge in [0.05, 0.1) is 6.17 Å². The van der Waals surface area contributed by atoms with Gasteiger partial charge in [-0.15, -0.1) is 0 Å². The van der Waals surface area contributed by atoms with E-state index in [-0.39, 0.29) is 12.1 Å². The number of unbranched alkanes of at least 4 members (excludes halogenated alkanes) is 14. The van der Waals surface area contributed by atoms with E-state index in [4.69, 9.17) is 0 Å². The Morgan fingerprint density at radius 2 is 1.07 bits per heavy atom. The zero-order chi connectivity index (χ0) is 20.2. The normalized spacial score (nSPS) is 12.5. The highest BCUT2D eigenvalue weighted by Crippen LogP contribution is 2.13. The second-order valence-corrected chi connectivity index (χ2v) is 8.54. The van der Waals surface area contributed by atoms with Gasteiger partial charge < -0.3 is 5.32 Å². The van der Waals surface area contributed by atoms with Gasteiger partial charge in [-0.3, -0.25) is 9.69 Å². The molecule has 0 aromatic carbocycles. The maximum Gasteiger partial charge on any atom is 0.221 e. The molecule has 0 saturated heterocycles. The van der Waals surface area contributed by atoms with Crippen molar-refractivity contribution in [3.63, 3.8) is 0 Å². The van der Waals surface area contributed by atoms with Crippen molar-refractivity contribution in [2.75, 3.05) is 14.1 Å². The molecule has 0 fully saturated rings. The molecule has 0 aromatic heterocycles. The summed E-state index contributed by atoms with van der Waals surface area (Å²) in [4.78, 5) is 14.1. The van der Waals surface area contributed by atoms with Crippen LogP contribution >= 0.6 is 0 Å². The van der Waals surface area contributed by atoms with Crippen molar-refractivity contribution in [3.05, 3.63) is 0 Å². The molecule has 3 heteroatoms. The smallest absolute Gasteiger partial charge is 0.221 e. The molecule has 0 heterocycles. The maximum absolute atomic E-state index is 12.0. The third-order valence-corrected chi connectivity index (χ3v) is 5.52. The summed E-state index contributed by atoms with van der Waals surface area (Å²) in [6.45, 7) is 4.45. The van der Waals surface area contributed by atoms with Gasteiger partial charge in [0.1, 0.15) is 0 Å². The molecule has 3 nitrogen and oxygen atoms in total. The van der Waals surface area contributed by atoms with Gasteiger partial charge >= 0.3 is 0 Å². The first-order valence-electron chi connectivity index (χ1n) is 12.1. The third-order valence-electron chi connectivity index (χ3n) is 5.52. The Morgan fingerprint density at radius 3 is 1.44 bits per heavy atom. The summed E-state index contributed by atoms with van der Waals surface area (Å²) in [6, 6.07) is 0. The molecule has 0 aliphatic heterocycles. The highest BCUT2D eigenvalue weighted by atomic mass is 16.1. The zero-order valence-electron chi connectivity index (χ0n) is 19.2. The molecule has 1 amide bonds. The monoisotopic (exact) mass is 382 g/mol. The number of amides is 1. The molecule has 1 unspecified atom stereocenters. The predicted molar refractivity (Wildman–Crippen MR) is 120 cm³/mol. The molecular weight excluding hydrogens is 332 g/mol. The van der Waals surface area contributed by atoms with E-state index in [1.54, 1.807) is 0 Å². The number of carbonyl (C=O) groups excluding carboxylic acids is 1. The second kappa shape index (κ2) is 20.2. The number of carbonyl (C=O) groups is 1. The Labute approximate surface area is 171 Å². The van der Waals surface area contributed by atoms with Gasteiger partial charge in [-0.2, -0.15) is 0 Å². The van der Waals surface area contributed by atoms with E-state index in [2.05, 4.69) is 24.1 Å². The summed E-state index contributed by atoms with van der Waals surface area (Å²) in [7, 11) is 4.07. The summed E-state index contributed by atoms with van der Waals surface area (Å²) in [6.07, 6.45) is 23.5. The van der Waals surface area contributed by atoms with Crippen LogP contribution in [0.25, 0.3) is 0 Å². The quantitative estimate of drug-likeness (QED) is 0.181. The van der Waals surface area contributed by atoms with Gasteiger partial charge in [-0.05, 0) is 26.9 Å². The molecule has 0 aliphatic rings. The minimum atomic E-state index is 0.193. The Hall–Kier alpha value is -0.570. The Morgan fingerprint density at radius 1 is 0.667 bits per heavy atom. The lowest BCUT2D eigenvalue weighted by Crippen LogP contribution is -2.44. The summed E-state index contributed by atoms with van der Waals surface area (Å²) in [5.41, 5.74) is 0. The molecule has 0 spiro atoms. The highest BCUT2D eigenvalue weighted by molar-refractivity contribution is 5.76. The van der Waals surface area contributed by atoms with Crippen LogP contribution in [0.3, 0.4) is 0 Å². The molecule has 0 rings (SSSR count). The Kier molecular flexibility index (Phi) is 19.7. The topological polar surface area (TPSA) is 32.3 Å². The van der Waals surface area contributed by atoms with Crippen LogP contribution in [0.15, 0.2) is 0 Å². The molecular formula is C24H50N2O. The van der Waals surface area contributed by atoms with Crippen molar-refractivity contribution >= 4 is 5.91 Å². The minimum absolute atomic E-state index is 0.193. The molecule has 162 valence electrons. The van der Waals surface area contributed by atoms with Crippen LogP contribution in [0, 0.1) is 0 Å². The van der Waals surface area contributed by atoms with Gasteiger partial charge in [0.25, 0.3) is 0 Å². The predicted octanol–water partition coefficient (Wildman–Crippen LogP) is 7.05. The fraction of sp³-hybridized carbons (Fsp3) is 0.958. The van der Waals surface area contributed by atoms with Crippen molar-refractivity contribution in [1.82, 2.24) is 10.2 Å². The van der Waals surface area contributed by atoms with Crippen LogP contribution in [-0.4, -0.2) is 31.1 Å². The second-order valence-electron chi connectivity index (χ2n) is 8.54. The van der Waals surface area contributed by atoms with Gasteiger partial charge in [0.2, 0.25) is 5.91 Å². The highest BCUT2D eigenvalue weighted by Gasteiger charge is 2.12. The number of hydrogen-bond acceptors (Lipinski definition) is 2. The molecule has 0 aliphatic carbocycles. The number of rotatable bonds is 20. The zero-order valence-corrected chi connectivity index (χ0v) is 19.2. The molecule has 0 saturated carbocycles. The first kappa shape index (κ1) is 26.4. The molecule has 27 heavy (non-hydrogen) atoms. The van der Waals surface area contributed by atoms with E-state index in [1.165, 1.54) is 89.9 Å². The summed E-state index contributed by atoms with van der Waals surface area (Å²) in [5.74, 6) is 0.219.